The lowest BCUT2D eigenvalue weighted by Gasteiger charge is -2.49. The van der Waals surface area contributed by atoms with Crippen LogP contribution in [0.4, 0.5) is 17.8 Å². The van der Waals surface area contributed by atoms with Gasteiger partial charge in [-0.2, -0.15) is 15.0 Å². The van der Waals surface area contributed by atoms with Crippen LogP contribution in [0.15, 0.2) is 0 Å². The number of nitrogens with one attached hydrogen (secondary N) is 5. The first-order valence-electron chi connectivity index (χ1n) is 16.7. The molecular weight excluding hydrogens is 568 g/mol. The molecule has 1 aromatic heterocycles. The van der Waals surface area contributed by atoms with Gasteiger partial charge in [0.25, 0.3) is 0 Å². The van der Waals surface area contributed by atoms with Gasteiger partial charge in [0.05, 0.1) is 22.2 Å². The Morgan fingerprint density at radius 2 is 1.04 bits per heavy atom. The van der Waals surface area contributed by atoms with Gasteiger partial charge in [-0.15, -0.1) is 0 Å². The molecule has 0 bridgehead atoms. The van der Waals surface area contributed by atoms with Gasteiger partial charge in [0.15, 0.2) is 0 Å². The Morgan fingerprint density at radius 3 is 1.44 bits per heavy atom. The van der Waals surface area contributed by atoms with E-state index >= 15 is 0 Å². The second-order valence-corrected chi connectivity index (χ2v) is 17.4. The van der Waals surface area contributed by atoms with E-state index in [4.69, 9.17) is 15.0 Å². The highest BCUT2D eigenvalue weighted by Gasteiger charge is 2.46. The van der Waals surface area contributed by atoms with Crippen molar-refractivity contribution in [3.8, 4) is 0 Å². The molecule has 45 heavy (non-hydrogen) atoms. The molecule has 3 fully saturated rings. The Morgan fingerprint density at radius 1 is 0.667 bits per heavy atom. The summed E-state index contributed by atoms with van der Waals surface area (Å²) in [6, 6.07) is 0.314. The zero-order valence-electron chi connectivity index (χ0n) is 30.0. The van der Waals surface area contributed by atoms with Crippen molar-refractivity contribution in [2.45, 2.75) is 154 Å². The molecule has 12 heteroatoms. The minimum absolute atomic E-state index is 0.0740. The minimum Gasteiger partial charge on any atom is -0.351 e. The molecule has 12 nitrogen and oxygen atoms in total. The minimum atomic E-state index is -0.652. The number of rotatable bonds is 10. The van der Waals surface area contributed by atoms with E-state index in [2.05, 4.69) is 82.0 Å². The first kappa shape index (κ1) is 35.1. The Bertz CT molecular complexity index is 1170. The summed E-state index contributed by atoms with van der Waals surface area (Å²) < 4.78 is 0. The van der Waals surface area contributed by atoms with Crippen LogP contribution in [0.5, 0.6) is 0 Å². The van der Waals surface area contributed by atoms with Gasteiger partial charge in [0, 0.05) is 43.3 Å². The fraction of sp³-hybridized carbons (Fsp3) is 0.848. The molecule has 4 rings (SSSR count). The Hall–Kier alpha value is -2.73. The van der Waals surface area contributed by atoms with Crippen molar-refractivity contribution in [3.05, 3.63) is 0 Å². The van der Waals surface area contributed by atoms with Crippen LogP contribution >= 0.6 is 0 Å². The van der Waals surface area contributed by atoms with Gasteiger partial charge in [-0.25, -0.2) is 0 Å². The fourth-order valence-corrected chi connectivity index (χ4v) is 7.64. The highest BCUT2D eigenvalue weighted by atomic mass is 16.2. The number of aromatic nitrogens is 3. The van der Waals surface area contributed by atoms with Gasteiger partial charge in [0.1, 0.15) is 0 Å². The Kier molecular flexibility index (Phi) is 9.47. The van der Waals surface area contributed by atoms with Gasteiger partial charge >= 0.3 is 0 Å². The number of carbonyl (C=O) groups excluding carboxylic acids is 2. The third-order valence-corrected chi connectivity index (χ3v) is 8.76. The Balaban J connectivity index is 1.56. The molecule has 3 aliphatic rings. The molecule has 0 radical (unpaired) electrons. The average molecular weight is 629 g/mol. The van der Waals surface area contributed by atoms with E-state index in [1.165, 1.54) is 19.3 Å². The van der Waals surface area contributed by atoms with Crippen LogP contribution in [0.25, 0.3) is 0 Å². The summed E-state index contributed by atoms with van der Waals surface area (Å²) in [4.78, 5) is 45.0. The summed E-state index contributed by atoms with van der Waals surface area (Å²) in [5.41, 5.74) is -2.78. The van der Waals surface area contributed by atoms with Gasteiger partial charge in [0.2, 0.25) is 29.7 Å². The molecule has 1 aromatic rings. The van der Waals surface area contributed by atoms with Crippen LogP contribution in [0, 0.1) is 0 Å². The highest BCUT2D eigenvalue weighted by molar-refractivity contribution is 5.87. The molecule has 1 saturated carbocycles. The number of hydrogen-bond donors (Lipinski definition) is 5. The molecule has 254 valence electrons. The van der Waals surface area contributed by atoms with E-state index in [1.807, 2.05) is 37.5 Å². The molecule has 0 unspecified atom stereocenters. The van der Waals surface area contributed by atoms with Crippen LogP contribution in [-0.2, 0) is 9.59 Å². The molecule has 3 heterocycles. The normalized spacial score (nSPS) is 23.6. The number of hydrogen-bond acceptors (Lipinski definition) is 10. The van der Waals surface area contributed by atoms with E-state index in [0.717, 1.165) is 12.8 Å². The highest BCUT2D eigenvalue weighted by Crippen LogP contribution is 2.28. The second-order valence-electron chi connectivity index (χ2n) is 17.4. The fourth-order valence-electron chi connectivity index (χ4n) is 7.64. The molecule has 2 amide bonds. The van der Waals surface area contributed by atoms with Crippen LogP contribution in [0.2, 0.25) is 0 Å². The van der Waals surface area contributed by atoms with E-state index in [0.29, 0.717) is 50.1 Å². The quantitative estimate of drug-likeness (QED) is 0.259. The molecule has 1 aliphatic carbocycles. The lowest BCUT2D eigenvalue weighted by molar-refractivity contribution is -0.144. The van der Waals surface area contributed by atoms with Crippen molar-refractivity contribution in [3.63, 3.8) is 0 Å². The third-order valence-electron chi connectivity index (χ3n) is 8.76. The maximum atomic E-state index is 13.4. The second kappa shape index (κ2) is 12.1. The number of piperazine rings is 2. The maximum Gasteiger partial charge on any atom is 0.242 e. The third kappa shape index (κ3) is 9.18. The largest absolute Gasteiger partial charge is 0.351 e. The lowest BCUT2D eigenvalue weighted by atomic mass is 9.89. The van der Waals surface area contributed by atoms with Crippen molar-refractivity contribution in [2.75, 3.05) is 42.1 Å². The number of amides is 2. The van der Waals surface area contributed by atoms with E-state index in [1.54, 1.807) is 0 Å². The van der Waals surface area contributed by atoms with Gasteiger partial charge in [-0.3, -0.25) is 20.2 Å². The van der Waals surface area contributed by atoms with E-state index in [-0.39, 0.29) is 22.9 Å². The van der Waals surface area contributed by atoms with Crippen molar-refractivity contribution in [1.29, 1.82) is 0 Å². The summed E-state index contributed by atoms with van der Waals surface area (Å²) in [5.74, 6) is 1.55. The molecule has 0 atom stereocenters. The van der Waals surface area contributed by atoms with Crippen LogP contribution in [0.1, 0.15) is 115 Å². The lowest BCUT2D eigenvalue weighted by Crippen LogP contribution is -2.71. The molecule has 2 saturated heterocycles. The van der Waals surface area contributed by atoms with Gasteiger partial charge < -0.3 is 25.8 Å². The van der Waals surface area contributed by atoms with Crippen LogP contribution in [0.3, 0.4) is 0 Å². The topological polar surface area (TPSA) is 139 Å². The average Bonchev–Trinajstić information content (AvgIpc) is 2.83. The summed E-state index contributed by atoms with van der Waals surface area (Å²) >= 11 is 0. The summed E-state index contributed by atoms with van der Waals surface area (Å²) in [5, 5.41) is 17.6. The zero-order valence-corrected chi connectivity index (χ0v) is 30.0. The SMILES string of the molecule is CC(C)(CN1CC(C)(C)NC(C)(C)C1=O)Nc1nc(NC2CCCCC2)nc(NC(C)(C)CN2CC(C)(C)NC(C)(C)C2=O)n1. The first-order valence-corrected chi connectivity index (χ1v) is 16.7. The molecule has 0 aromatic carbocycles. The van der Waals surface area contributed by atoms with Crippen molar-refractivity contribution in [1.82, 2.24) is 35.4 Å². The first-order chi connectivity index (χ1) is 20.5. The molecule has 0 spiro atoms. The summed E-state index contributed by atoms with van der Waals surface area (Å²) in [7, 11) is 0. The van der Waals surface area contributed by atoms with E-state index in [9.17, 15) is 9.59 Å². The standard InChI is InChI=1S/C33H60N10O2/c1-28(2,18-42-20-30(5,6)40-32(9,10)23(42)44)38-26-35-25(34-22-16-14-13-15-17-22)36-27(37-26)39-29(3,4)19-43-21-31(7,8)41-33(11,12)24(43)45/h22,40-41H,13-21H2,1-12H3,(H3,34,35,36,37,38,39). The summed E-state index contributed by atoms with van der Waals surface area (Å²) in [6.45, 7) is 26.7. The number of carbonyl (C=O) groups is 2. The number of anilines is 3. The summed E-state index contributed by atoms with van der Waals surface area (Å²) in [6.07, 6.45) is 5.81. The van der Waals surface area contributed by atoms with E-state index < -0.39 is 22.2 Å². The van der Waals surface area contributed by atoms with Crippen molar-refractivity contribution in [2.24, 2.45) is 0 Å². The molecule has 2 aliphatic heterocycles. The molecule has 5 N–H and O–H groups in total. The predicted molar refractivity (Wildman–Crippen MR) is 181 cm³/mol. The number of nitrogens with zero attached hydrogens (tertiary/aromatic N) is 5. The van der Waals surface area contributed by atoms with Crippen LogP contribution in [-0.4, -0.2) is 102 Å². The monoisotopic (exact) mass is 628 g/mol. The van der Waals surface area contributed by atoms with Gasteiger partial charge in [-0.1, -0.05) is 19.3 Å². The zero-order chi connectivity index (χ0) is 33.6. The molecular formula is C33H60N10O2. The predicted octanol–water partition coefficient (Wildman–Crippen LogP) is 3.98. The smallest absolute Gasteiger partial charge is 0.242 e. The van der Waals surface area contributed by atoms with Crippen molar-refractivity contribution >= 4 is 29.7 Å². The maximum absolute atomic E-state index is 13.4. The van der Waals surface area contributed by atoms with Crippen LogP contribution < -0.4 is 26.6 Å². The van der Waals surface area contributed by atoms with Crippen molar-refractivity contribution < 1.29 is 9.59 Å². The van der Waals surface area contributed by atoms with Gasteiger partial charge in [-0.05, 0) is 95.9 Å². The Labute approximate surface area is 271 Å².